The largest absolute Gasteiger partial charge is 0.455 e. The molecule has 10 nitrogen and oxygen atoms in total. The second kappa shape index (κ2) is 16.8. The molecule has 1 unspecified atom stereocenters. The number of carbonyl (C=O) groups excluding carboxylic acids is 4. The van der Waals surface area contributed by atoms with Crippen LogP contribution in [0.2, 0.25) is 0 Å². The summed E-state index contributed by atoms with van der Waals surface area (Å²) in [6.07, 6.45) is 8.62. The van der Waals surface area contributed by atoms with Crippen LogP contribution in [0.25, 0.3) is 0 Å². The number of alkyl halides is 1. The summed E-state index contributed by atoms with van der Waals surface area (Å²) in [6.45, 7) is 13.5. The van der Waals surface area contributed by atoms with E-state index in [0.29, 0.717) is 31.4 Å². The molecule has 4 fully saturated rings. The highest BCUT2D eigenvalue weighted by atomic mass is 79.9. The number of hydrogen-bond acceptors (Lipinski definition) is 7. The minimum Gasteiger partial charge on any atom is -0.455 e. The van der Waals surface area contributed by atoms with Crippen LogP contribution in [-0.2, 0) is 28.7 Å². The standard InChI is InChI=1S/C40H56BrN3O7/c1-7-10-21-31(46)42(6)26(5)34(27-17-13-11-14-18-27)50-39(49)32-33-37(47)44(30(24-45)25(4)9-3)36(40(33)23-29(41)35(32)51-40)38(48)43(22-8-2)28-19-15-12-16-20-28/h7-8,11,13-14,17-18,25-26,28-30,32-36,45H,1-2,9-10,12,15-16,19-24H2,3-6H3/t25-,26+,29?,30-,32-,33+,34-,35-,36-,40+/m0/s1. The molecule has 280 valence electrons. The number of carbonyl (C=O) groups is 4. The molecule has 1 aliphatic carbocycles. The minimum atomic E-state index is -1.29. The number of amides is 3. The summed E-state index contributed by atoms with van der Waals surface area (Å²) in [5, 5.41) is 10.8. The van der Waals surface area contributed by atoms with E-state index in [1.165, 1.54) is 0 Å². The Morgan fingerprint density at radius 3 is 2.43 bits per heavy atom. The van der Waals surface area contributed by atoms with Gasteiger partial charge in [-0.3, -0.25) is 19.2 Å². The number of fused-ring (bicyclic) bond motifs is 1. The van der Waals surface area contributed by atoms with Crippen molar-refractivity contribution in [2.75, 3.05) is 20.2 Å². The van der Waals surface area contributed by atoms with Gasteiger partial charge in [-0.25, -0.2) is 0 Å². The Morgan fingerprint density at radius 1 is 1.14 bits per heavy atom. The monoisotopic (exact) mass is 769 g/mol. The number of rotatable bonds is 16. The predicted molar refractivity (Wildman–Crippen MR) is 199 cm³/mol. The number of ether oxygens (including phenoxy) is 2. The molecule has 2 bridgehead atoms. The molecule has 1 saturated carbocycles. The molecule has 4 aliphatic rings. The highest BCUT2D eigenvalue weighted by Crippen LogP contribution is 2.61. The number of esters is 1. The Morgan fingerprint density at radius 2 is 1.82 bits per heavy atom. The van der Waals surface area contributed by atoms with E-state index in [4.69, 9.17) is 9.47 Å². The fourth-order valence-electron chi connectivity index (χ4n) is 9.02. The average Bonchev–Trinajstić information content (AvgIpc) is 3.75. The van der Waals surface area contributed by atoms with Gasteiger partial charge in [0.05, 0.1) is 36.6 Å². The zero-order valence-corrected chi connectivity index (χ0v) is 32.2. The lowest BCUT2D eigenvalue weighted by atomic mass is 9.70. The molecule has 0 aromatic heterocycles. The van der Waals surface area contributed by atoms with Crippen molar-refractivity contribution in [2.24, 2.45) is 17.8 Å². The van der Waals surface area contributed by atoms with E-state index >= 15 is 4.79 Å². The maximum Gasteiger partial charge on any atom is 0.313 e. The van der Waals surface area contributed by atoms with Gasteiger partial charge in [0.1, 0.15) is 17.7 Å². The van der Waals surface area contributed by atoms with E-state index in [-0.39, 0.29) is 47.5 Å². The molecule has 5 rings (SSSR count). The minimum absolute atomic E-state index is 0.00579. The molecule has 10 atom stereocenters. The summed E-state index contributed by atoms with van der Waals surface area (Å²) in [7, 11) is 1.70. The second-order valence-electron chi connectivity index (χ2n) is 15.0. The van der Waals surface area contributed by atoms with Gasteiger partial charge in [-0.15, -0.1) is 13.2 Å². The number of likely N-dealkylation sites (tertiary alicyclic amines) is 1. The molecule has 1 aromatic rings. The number of nitrogens with zero attached hydrogens (tertiary/aromatic N) is 3. The molecule has 1 spiro atoms. The van der Waals surface area contributed by atoms with Crippen LogP contribution in [0.1, 0.15) is 90.2 Å². The fraction of sp³-hybridized carbons (Fsp3) is 0.650. The predicted octanol–water partition coefficient (Wildman–Crippen LogP) is 5.59. The van der Waals surface area contributed by atoms with Crippen molar-refractivity contribution in [1.82, 2.24) is 14.7 Å². The van der Waals surface area contributed by atoms with Crippen LogP contribution in [0.5, 0.6) is 0 Å². The highest BCUT2D eigenvalue weighted by Gasteiger charge is 2.78. The Kier molecular flexibility index (Phi) is 12.9. The molecule has 3 aliphatic heterocycles. The Labute approximate surface area is 311 Å². The molecule has 11 heteroatoms. The van der Waals surface area contributed by atoms with Gasteiger partial charge in [-0.05, 0) is 44.1 Å². The van der Waals surface area contributed by atoms with Gasteiger partial charge in [-0.1, -0.05) is 97.9 Å². The van der Waals surface area contributed by atoms with Crippen LogP contribution < -0.4 is 0 Å². The summed E-state index contributed by atoms with van der Waals surface area (Å²) < 4.78 is 13.2. The SMILES string of the molecule is C=CCCC(=O)N(C)[C@H](C)[C@H](OC(=O)[C@@H]1[C@H]2O[C@@]3(CC2Br)[C@H](C(=O)N(CC=C)C2CCCCC2)N([C@@H](CO)[C@@H](C)CC)C(=O)[C@@H]13)c1ccccc1. The van der Waals surface area contributed by atoms with E-state index < -0.39 is 53.7 Å². The maximum atomic E-state index is 15.0. The highest BCUT2D eigenvalue weighted by molar-refractivity contribution is 9.09. The van der Waals surface area contributed by atoms with Gasteiger partial charge in [0.2, 0.25) is 17.7 Å². The van der Waals surface area contributed by atoms with Gasteiger partial charge in [0.15, 0.2) is 0 Å². The first-order chi connectivity index (χ1) is 24.5. The smallest absolute Gasteiger partial charge is 0.313 e. The van der Waals surface area contributed by atoms with E-state index in [0.717, 1.165) is 32.1 Å². The van der Waals surface area contributed by atoms with Crippen molar-refractivity contribution in [3.05, 3.63) is 61.2 Å². The number of benzene rings is 1. The van der Waals surface area contributed by atoms with Gasteiger partial charge in [0.25, 0.3) is 0 Å². The molecular weight excluding hydrogens is 714 g/mol. The van der Waals surface area contributed by atoms with Crippen LogP contribution >= 0.6 is 15.9 Å². The van der Waals surface area contributed by atoms with Gasteiger partial charge in [-0.2, -0.15) is 0 Å². The second-order valence-corrected chi connectivity index (χ2v) is 16.1. The summed E-state index contributed by atoms with van der Waals surface area (Å²) in [5.74, 6) is -3.39. The first-order valence-electron chi connectivity index (χ1n) is 18.8. The third-order valence-corrected chi connectivity index (χ3v) is 12.9. The van der Waals surface area contributed by atoms with Crippen LogP contribution in [0.15, 0.2) is 55.6 Å². The van der Waals surface area contributed by atoms with Crippen molar-refractivity contribution in [3.63, 3.8) is 0 Å². The molecular formula is C40H56BrN3O7. The number of halogens is 1. The van der Waals surface area contributed by atoms with Gasteiger partial charge < -0.3 is 29.3 Å². The lowest BCUT2D eigenvalue weighted by molar-refractivity contribution is -0.165. The van der Waals surface area contributed by atoms with Crippen molar-refractivity contribution >= 4 is 39.6 Å². The summed E-state index contributed by atoms with van der Waals surface area (Å²) in [5.41, 5.74) is -0.579. The van der Waals surface area contributed by atoms with Crippen LogP contribution in [0.3, 0.4) is 0 Å². The first-order valence-corrected chi connectivity index (χ1v) is 19.7. The van der Waals surface area contributed by atoms with E-state index in [1.54, 1.807) is 29.0 Å². The normalized spacial score (nSPS) is 29.5. The molecule has 1 aromatic carbocycles. The van der Waals surface area contributed by atoms with E-state index in [1.807, 2.05) is 56.0 Å². The number of hydrogen-bond donors (Lipinski definition) is 1. The number of likely N-dealkylation sites (N-methyl/N-ethyl adjacent to an activating group) is 1. The molecule has 1 N–H and O–H groups in total. The van der Waals surface area contributed by atoms with E-state index in [2.05, 4.69) is 29.1 Å². The van der Waals surface area contributed by atoms with Crippen molar-refractivity contribution in [3.8, 4) is 0 Å². The van der Waals surface area contributed by atoms with Crippen molar-refractivity contribution in [2.45, 2.75) is 125 Å². The number of allylic oxidation sites excluding steroid dienone is 1. The molecule has 51 heavy (non-hydrogen) atoms. The molecule has 3 saturated heterocycles. The van der Waals surface area contributed by atoms with Gasteiger partial charge in [0, 0.05) is 30.9 Å². The zero-order chi connectivity index (χ0) is 37.0. The Bertz CT molecular complexity index is 1440. The van der Waals surface area contributed by atoms with Crippen LogP contribution in [0.4, 0.5) is 0 Å². The Balaban J connectivity index is 1.54. The first kappa shape index (κ1) is 39.2. The summed E-state index contributed by atoms with van der Waals surface area (Å²) in [4.78, 5) is 62.4. The quantitative estimate of drug-likeness (QED) is 0.133. The third-order valence-electron chi connectivity index (χ3n) is 12.1. The van der Waals surface area contributed by atoms with Crippen LogP contribution in [0, 0.1) is 17.8 Å². The maximum absolute atomic E-state index is 15.0. The van der Waals surface area contributed by atoms with Crippen molar-refractivity contribution in [1.29, 1.82) is 0 Å². The van der Waals surface area contributed by atoms with Gasteiger partial charge >= 0.3 is 5.97 Å². The lowest BCUT2D eigenvalue weighted by Gasteiger charge is -2.43. The lowest BCUT2D eigenvalue weighted by Crippen LogP contribution is -2.61. The topological polar surface area (TPSA) is 117 Å². The fourth-order valence-corrected chi connectivity index (χ4v) is 9.96. The summed E-state index contributed by atoms with van der Waals surface area (Å²) in [6, 6.07) is 7.10. The molecule has 0 radical (unpaired) electrons. The average molecular weight is 771 g/mol. The van der Waals surface area contributed by atoms with Crippen molar-refractivity contribution < 1.29 is 33.8 Å². The van der Waals surface area contributed by atoms with Crippen LogP contribution in [-0.4, -0.2) is 104 Å². The van der Waals surface area contributed by atoms with E-state index in [9.17, 15) is 19.5 Å². The molecule has 3 heterocycles. The zero-order valence-electron chi connectivity index (χ0n) is 30.6. The third kappa shape index (κ3) is 7.32. The number of aliphatic hydroxyl groups is 1. The molecule has 3 amide bonds. The summed E-state index contributed by atoms with van der Waals surface area (Å²) >= 11 is 3.79. The number of aliphatic hydroxyl groups excluding tert-OH is 1. The Hall–Kier alpha value is -3.02.